The monoisotopic (exact) mass is 380 g/mol. The molecule has 0 unspecified atom stereocenters. The Bertz CT molecular complexity index is 871. The number of nitrogens with zero attached hydrogens (tertiary/aromatic N) is 1. The zero-order valence-electron chi connectivity index (χ0n) is 15.0. The lowest BCUT2D eigenvalue weighted by atomic mass is 10.2. The number of nitrogens with one attached hydrogen (secondary N) is 1. The highest BCUT2D eigenvalue weighted by atomic mass is 32.2. The van der Waals surface area contributed by atoms with Gasteiger partial charge in [0.1, 0.15) is 18.1 Å². The van der Waals surface area contributed by atoms with Crippen molar-refractivity contribution < 1.29 is 14.3 Å². The van der Waals surface area contributed by atoms with Crippen molar-refractivity contribution in [2.75, 3.05) is 13.2 Å². The quantitative estimate of drug-likeness (QED) is 0.566. The van der Waals surface area contributed by atoms with Gasteiger partial charge in [-0.15, -0.1) is 0 Å². The predicted molar refractivity (Wildman–Crippen MR) is 111 cm³/mol. The van der Waals surface area contributed by atoms with Gasteiger partial charge in [0.05, 0.1) is 17.2 Å². The normalized spacial score (nSPS) is 16.4. The van der Waals surface area contributed by atoms with Gasteiger partial charge in [-0.3, -0.25) is 4.79 Å². The number of carbonyl (C=O) groups is 1. The number of rotatable bonds is 7. The van der Waals surface area contributed by atoms with Gasteiger partial charge in [-0.05, 0) is 66.7 Å². The molecule has 0 aromatic heterocycles. The molecule has 27 heavy (non-hydrogen) atoms. The SMILES string of the molecule is C=CCOc1ccc(C=C2SC(=Nc3ccc(OCC)cc3)NC2=O)cc1. The van der Waals surface area contributed by atoms with Crippen LogP contribution in [0.1, 0.15) is 12.5 Å². The van der Waals surface area contributed by atoms with Gasteiger partial charge < -0.3 is 14.8 Å². The van der Waals surface area contributed by atoms with Gasteiger partial charge >= 0.3 is 0 Å². The second-order valence-corrected chi connectivity index (χ2v) is 6.61. The molecule has 0 atom stereocenters. The highest BCUT2D eigenvalue weighted by Gasteiger charge is 2.23. The first-order valence-electron chi connectivity index (χ1n) is 8.54. The van der Waals surface area contributed by atoms with Crippen LogP contribution in [-0.2, 0) is 4.79 Å². The minimum atomic E-state index is -0.156. The molecule has 6 heteroatoms. The van der Waals surface area contributed by atoms with Crippen LogP contribution in [0, 0.1) is 0 Å². The summed E-state index contributed by atoms with van der Waals surface area (Å²) in [6.45, 7) is 6.64. The van der Waals surface area contributed by atoms with Crippen molar-refractivity contribution in [1.29, 1.82) is 0 Å². The van der Waals surface area contributed by atoms with E-state index >= 15 is 0 Å². The lowest BCUT2D eigenvalue weighted by molar-refractivity contribution is -0.115. The van der Waals surface area contributed by atoms with Crippen molar-refractivity contribution in [3.63, 3.8) is 0 Å². The zero-order chi connectivity index (χ0) is 19.1. The van der Waals surface area contributed by atoms with Gasteiger partial charge in [-0.2, -0.15) is 0 Å². The number of amides is 1. The Labute approximate surface area is 162 Å². The summed E-state index contributed by atoms with van der Waals surface area (Å²) in [6, 6.07) is 15.0. The van der Waals surface area contributed by atoms with Crippen molar-refractivity contribution in [3.8, 4) is 11.5 Å². The molecule has 3 rings (SSSR count). The minimum Gasteiger partial charge on any atom is -0.494 e. The van der Waals surface area contributed by atoms with Crippen LogP contribution < -0.4 is 14.8 Å². The number of thioether (sulfide) groups is 1. The molecule has 0 spiro atoms. The fraction of sp³-hybridized carbons (Fsp3) is 0.143. The van der Waals surface area contributed by atoms with E-state index in [1.165, 1.54) is 11.8 Å². The van der Waals surface area contributed by atoms with E-state index in [0.717, 1.165) is 22.7 Å². The van der Waals surface area contributed by atoms with Crippen molar-refractivity contribution in [2.24, 2.45) is 4.99 Å². The molecule has 2 aromatic carbocycles. The maximum atomic E-state index is 12.2. The summed E-state index contributed by atoms with van der Waals surface area (Å²) < 4.78 is 10.9. The Morgan fingerprint density at radius 2 is 1.74 bits per heavy atom. The maximum Gasteiger partial charge on any atom is 0.264 e. The summed E-state index contributed by atoms with van der Waals surface area (Å²) >= 11 is 1.32. The van der Waals surface area contributed by atoms with Gasteiger partial charge in [-0.1, -0.05) is 24.8 Å². The highest BCUT2D eigenvalue weighted by molar-refractivity contribution is 8.18. The fourth-order valence-corrected chi connectivity index (χ4v) is 3.19. The second kappa shape index (κ2) is 9.09. The summed E-state index contributed by atoms with van der Waals surface area (Å²) in [4.78, 5) is 17.3. The predicted octanol–water partition coefficient (Wildman–Crippen LogP) is 4.54. The van der Waals surface area contributed by atoms with Crippen molar-refractivity contribution in [3.05, 3.63) is 71.7 Å². The average Bonchev–Trinajstić information content (AvgIpc) is 3.02. The number of ether oxygens (including phenoxy) is 2. The average molecular weight is 380 g/mol. The lowest BCUT2D eigenvalue weighted by Crippen LogP contribution is -2.19. The molecule has 0 aliphatic carbocycles. The number of hydrogen-bond acceptors (Lipinski definition) is 5. The van der Waals surface area contributed by atoms with E-state index in [1.54, 1.807) is 6.08 Å². The minimum absolute atomic E-state index is 0.156. The summed E-state index contributed by atoms with van der Waals surface area (Å²) in [5, 5.41) is 3.35. The van der Waals surface area contributed by atoms with E-state index in [-0.39, 0.29) is 5.91 Å². The zero-order valence-corrected chi connectivity index (χ0v) is 15.8. The van der Waals surface area contributed by atoms with E-state index in [2.05, 4.69) is 16.9 Å². The van der Waals surface area contributed by atoms with Gasteiger partial charge in [0.2, 0.25) is 0 Å². The Hall–Kier alpha value is -2.99. The van der Waals surface area contributed by atoms with Crippen LogP contribution in [0.5, 0.6) is 11.5 Å². The van der Waals surface area contributed by atoms with Gasteiger partial charge in [0.25, 0.3) is 5.91 Å². The van der Waals surface area contributed by atoms with E-state index in [4.69, 9.17) is 9.47 Å². The molecule has 1 saturated heterocycles. The Balaban J connectivity index is 1.69. The third kappa shape index (κ3) is 5.24. The molecule has 2 aromatic rings. The third-order valence-corrected chi connectivity index (χ3v) is 4.48. The van der Waals surface area contributed by atoms with Gasteiger partial charge in [0.15, 0.2) is 5.17 Å². The van der Waals surface area contributed by atoms with Crippen molar-refractivity contribution >= 4 is 34.6 Å². The third-order valence-electron chi connectivity index (χ3n) is 3.57. The van der Waals surface area contributed by atoms with Crippen LogP contribution in [0.25, 0.3) is 6.08 Å². The van der Waals surface area contributed by atoms with Crippen molar-refractivity contribution in [1.82, 2.24) is 5.32 Å². The first kappa shape index (κ1) is 18.8. The van der Waals surface area contributed by atoms with Gasteiger partial charge in [0, 0.05) is 0 Å². The number of benzene rings is 2. The number of amidine groups is 1. The van der Waals surface area contributed by atoms with E-state index in [0.29, 0.717) is 23.3 Å². The molecule has 0 radical (unpaired) electrons. The van der Waals surface area contributed by atoms with E-state index in [1.807, 2.05) is 61.5 Å². The second-order valence-electron chi connectivity index (χ2n) is 5.58. The number of aliphatic imine (C=N–C) groups is 1. The first-order valence-corrected chi connectivity index (χ1v) is 9.36. The summed E-state index contributed by atoms with van der Waals surface area (Å²) in [7, 11) is 0. The molecule has 1 heterocycles. The molecule has 5 nitrogen and oxygen atoms in total. The maximum absolute atomic E-state index is 12.2. The molecule has 0 bridgehead atoms. The summed E-state index contributed by atoms with van der Waals surface area (Å²) in [5.41, 5.74) is 1.67. The van der Waals surface area contributed by atoms with Crippen LogP contribution in [-0.4, -0.2) is 24.3 Å². The van der Waals surface area contributed by atoms with Crippen molar-refractivity contribution in [2.45, 2.75) is 6.92 Å². The number of carbonyl (C=O) groups excluding carboxylic acids is 1. The standard InChI is InChI=1S/C21H20N2O3S/c1-3-13-26-18-9-5-15(6-10-18)14-19-20(24)23-21(27-19)22-16-7-11-17(12-8-16)25-4-2/h3,5-12,14H,1,4,13H2,2H3,(H,22,23,24). The van der Waals surface area contributed by atoms with Crippen LogP contribution in [0.4, 0.5) is 5.69 Å². The van der Waals surface area contributed by atoms with E-state index in [9.17, 15) is 4.79 Å². The Kier molecular flexibility index (Phi) is 6.33. The topological polar surface area (TPSA) is 59.9 Å². The molecule has 1 N–H and O–H groups in total. The highest BCUT2D eigenvalue weighted by Crippen LogP contribution is 2.29. The van der Waals surface area contributed by atoms with Gasteiger partial charge in [-0.25, -0.2) is 4.99 Å². The summed E-state index contributed by atoms with van der Waals surface area (Å²) in [6.07, 6.45) is 3.53. The van der Waals surface area contributed by atoms with E-state index < -0.39 is 0 Å². The van der Waals surface area contributed by atoms with Crippen LogP contribution in [0.15, 0.2) is 71.1 Å². The Morgan fingerprint density at radius 3 is 2.41 bits per heavy atom. The molecular formula is C21H20N2O3S. The van der Waals surface area contributed by atoms with Crippen LogP contribution >= 0.6 is 11.8 Å². The van der Waals surface area contributed by atoms with Crippen LogP contribution in [0.3, 0.4) is 0 Å². The molecular weight excluding hydrogens is 360 g/mol. The molecule has 1 aliphatic rings. The molecule has 138 valence electrons. The van der Waals surface area contributed by atoms with Crippen LogP contribution in [0.2, 0.25) is 0 Å². The number of hydrogen-bond donors (Lipinski definition) is 1. The largest absolute Gasteiger partial charge is 0.494 e. The molecule has 1 fully saturated rings. The lowest BCUT2D eigenvalue weighted by Gasteiger charge is -2.03. The summed E-state index contributed by atoms with van der Waals surface area (Å²) in [5.74, 6) is 1.40. The molecule has 0 saturated carbocycles. The first-order chi connectivity index (χ1) is 13.2. The molecule has 1 amide bonds. The smallest absolute Gasteiger partial charge is 0.264 e. The fourth-order valence-electron chi connectivity index (χ4n) is 2.35. The molecule has 1 aliphatic heterocycles. The Morgan fingerprint density at radius 1 is 1.07 bits per heavy atom.